The number of aromatic nitrogens is 2. The lowest BCUT2D eigenvalue weighted by Gasteiger charge is -2.08. The average Bonchev–Trinajstić information content (AvgIpc) is 2.74. The van der Waals surface area contributed by atoms with Gasteiger partial charge in [0.25, 0.3) is 0 Å². The van der Waals surface area contributed by atoms with Gasteiger partial charge in [-0.15, -0.1) is 0 Å². The molecule has 0 spiro atoms. The number of aryl methyl sites for hydroxylation is 3. The molecule has 2 N–H and O–H groups in total. The molecular formula is C17H21N3. The quantitative estimate of drug-likeness (QED) is 0.735. The van der Waals surface area contributed by atoms with Gasteiger partial charge in [0.15, 0.2) is 0 Å². The van der Waals surface area contributed by atoms with Gasteiger partial charge in [-0.25, -0.2) is 0 Å². The highest BCUT2D eigenvalue weighted by Crippen LogP contribution is 2.31. The van der Waals surface area contributed by atoms with Crippen LogP contribution in [0.5, 0.6) is 0 Å². The number of benzene rings is 1. The van der Waals surface area contributed by atoms with Crippen LogP contribution < -0.4 is 5.73 Å². The van der Waals surface area contributed by atoms with Crippen molar-refractivity contribution in [1.82, 2.24) is 9.55 Å². The monoisotopic (exact) mass is 267 g/mol. The summed E-state index contributed by atoms with van der Waals surface area (Å²) < 4.78 is 2.41. The summed E-state index contributed by atoms with van der Waals surface area (Å²) in [7, 11) is 0. The number of fused-ring (bicyclic) bond motifs is 3. The second-order valence-electron chi connectivity index (χ2n) is 5.46. The largest absolute Gasteiger partial charge is 0.339 e. The van der Waals surface area contributed by atoms with Crippen LogP contribution in [0.15, 0.2) is 30.5 Å². The lowest BCUT2D eigenvalue weighted by Crippen LogP contribution is -2.04. The number of pyridine rings is 1. The minimum Gasteiger partial charge on any atom is -0.339 e. The zero-order valence-electron chi connectivity index (χ0n) is 12.2. The molecule has 1 aromatic carbocycles. The fourth-order valence-electron chi connectivity index (χ4n) is 2.98. The topological polar surface area (TPSA) is 43.8 Å². The molecule has 0 aliphatic rings. The first-order valence-electron chi connectivity index (χ1n) is 7.26. The maximum Gasteiger partial charge on any atom is 0.0707 e. The lowest BCUT2D eigenvalue weighted by molar-refractivity contribution is 0.641. The van der Waals surface area contributed by atoms with E-state index in [1.165, 1.54) is 27.4 Å². The summed E-state index contributed by atoms with van der Waals surface area (Å²) in [5.74, 6) is 0. The Labute approximate surface area is 119 Å². The van der Waals surface area contributed by atoms with Crippen LogP contribution in [0.1, 0.15) is 24.1 Å². The molecule has 0 saturated carbocycles. The molecule has 2 aromatic heterocycles. The Kier molecular flexibility index (Phi) is 3.45. The third-order valence-corrected chi connectivity index (χ3v) is 3.95. The number of rotatable bonds is 4. The lowest BCUT2D eigenvalue weighted by atomic mass is 10.1. The summed E-state index contributed by atoms with van der Waals surface area (Å²) in [5, 5.41) is 2.63. The van der Waals surface area contributed by atoms with Crippen LogP contribution in [-0.4, -0.2) is 16.1 Å². The van der Waals surface area contributed by atoms with E-state index < -0.39 is 0 Å². The van der Waals surface area contributed by atoms with E-state index in [0.717, 1.165) is 31.6 Å². The molecule has 0 unspecified atom stereocenters. The standard InChI is InChI=1S/C17H21N3/c1-12-5-6-14-15-7-9-19-13(2)17(15)20(16(14)11-12)10-4-3-8-18/h5-7,9,11H,3-4,8,10,18H2,1-2H3. The zero-order valence-corrected chi connectivity index (χ0v) is 12.2. The summed E-state index contributed by atoms with van der Waals surface area (Å²) in [5.41, 5.74) is 10.6. The van der Waals surface area contributed by atoms with Crippen LogP contribution in [-0.2, 0) is 6.54 Å². The predicted octanol–water partition coefficient (Wildman–Crippen LogP) is 3.55. The molecule has 3 nitrogen and oxygen atoms in total. The van der Waals surface area contributed by atoms with Crippen LogP contribution in [0.2, 0.25) is 0 Å². The molecule has 0 bridgehead atoms. The summed E-state index contributed by atoms with van der Waals surface area (Å²) >= 11 is 0. The van der Waals surface area contributed by atoms with Crippen molar-refractivity contribution in [1.29, 1.82) is 0 Å². The fraction of sp³-hybridized carbons (Fsp3) is 0.353. The van der Waals surface area contributed by atoms with Crippen molar-refractivity contribution in [2.24, 2.45) is 5.73 Å². The molecule has 0 atom stereocenters. The molecule has 3 rings (SSSR count). The van der Waals surface area contributed by atoms with Crippen molar-refractivity contribution in [2.75, 3.05) is 6.54 Å². The van der Waals surface area contributed by atoms with E-state index in [2.05, 4.69) is 47.7 Å². The van der Waals surface area contributed by atoms with Crippen molar-refractivity contribution < 1.29 is 0 Å². The predicted molar refractivity (Wildman–Crippen MR) is 85.0 cm³/mol. The Balaban J connectivity index is 2.27. The molecule has 0 fully saturated rings. The van der Waals surface area contributed by atoms with Crippen molar-refractivity contribution in [3.8, 4) is 0 Å². The maximum absolute atomic E-state index is 5.63. The van der Waals surface area contributed by atoms with Gasteiger partial charge in [0.2, 0.25) is 0 Å². The molecule has 20 heavy (non-hydrogen) atoms. The second kappa shape index (κ2) is 5.25. The average molecular weight is 267 g/mol. The van der Waals surface area contributed by atoms with Gasteiger partial charge >= 0.3 is 0 Å². The van der Waals surface area contributed by atoms with Gasteiger partial charge in [0.05, 0.1) is 11.2 Å². The molecule has 2 heterocycles. The van der Waals surface area contributed by atoms with Gasteiger partial charge < -0.3 is 10.3 Å². The molecule has 3 aromatic rings. The Bertz CT molecular complexity index is 756. The van der Waals surface area contributed by atoms with Crippen LogP contribution in [0.3, 0.4) is 0 Å². The van der Waals surface area contributed by atoms with E-state index in [1.807, 2.05) is 6.20 Å². The SMILES string of the molecule is Cc1ccc2c3ccnc(C)c3n(CCCCN)c2c1. The van der Waals surface area contributed by atoms with Crippen LogP contribution in [0, 0.1) is 13.8 Å². The third-order valence-electron chi connectivity index (χ3n) is 3.95. The smallest absolute Gasteiger partial charge is 0.0707 e. The van der Waals surface area contributed by atoms with E-state index in [0.29, 0.717) is 0 Å². The highest BCUT2D eigenvalue weighted by atomic mass is 15.0. The molecule has 0 aliphatic carbocycles. The minimum atomic E-state index is 0.757. The van der Waals surface area contributed by atoms with Gasteiger partial charge in [-0.2, -0.15) is 0 Å². The van der Waals surface area contributed by atoms with E-state index in [4.69, 9.17) is 5.73 Å². The number of nitrogens with zero attached hydrogens (tertiary/aromatic N) is 2. The molecule has 3 heteroatoms. The van der Waals surface area contributed by atoms with Crippen molar-refractivity contribution in [3.63, 3.8) is 0 Å². The summed E-state index contributed by atoms with van der Waals surface area (Å²) in [4.78, 5) is 4.47. The summed E-state index contributed by atoms with van der Waals surface area (Å²) in [6.07, 6.45) is 4.07. The highest BCUT2D eigenvalue weighted by Gasteiger charge is 2.12. The van der Waals surface area contributed by atoms with Crippen LogP contribution in [0.25, 0.3) is 21.8 Å². The fourth-order valence-corrected chi connectivity index (χ4v) is 2.98. The number of nitrogens with two attached hydrogens (primary N) is 1. The van der Waals surface area contributed by atoms with Crippen LogP contribution in [0.4, 0.5) is 0 Å². The maximum atomic E-state index is 5.63. The Morgan fingerprint density at radius 3 is 2.75 bits per heavy atom. The number of hydrogen-bond acceptors (Lipinski definition) is 2. The summed E-state index contributed by atoms with van der Waals surface area (Å²) in [6.45, 7) is 6.00. The molecule has 0 radical (unpaired) electrons. The molecule has 0 saturated heterocycles. The van der Waals surface area contributed by atoms with Gasteiger partial charge in [0.1, 0.15) is 0 Å². The van der Waals surface area contributed by atoms with E-state index in [1.54, 1.807) is 0 Å². The molecule has 0 amide bonds. The summed E-state index contributed by atoms with van der Waals surface area (Å²) in [6, 6.07) is 8.81. The first-order valence-corrected chi connectivity index (χ1v) is 7.26. The van der Waals surface area contributed by atoms with Crippen LogP contribution >= 0.6 is 0 Å². The Morgan fingerprint density at radius 2 is 1.95 bits per heavy atom. The molecule has 0 aliphatic heterocycles. The minimum absolute atomic E-state index is 0.757. The first-order chi connectivity index (χ1) is 9.72. The highest BCUT2D eigenvalue weighted by molar-refractivity contribution is 6.08. The molecule has 104 valence electrons. The van der Waals surface area contributed by atoms with Crippen molar-refractivity contribution in [2.45, 2.75) is 33.2 Å². The van der Waals surface area contributed by atoms with E-state index in [-0.39, 0.29) is 0 Å². The van der Waals surface area contributed by atoms with Gasteiger partial charge in [0, 0.05) is 29.0 Å². The van der Waals surface area contributed by atoms with E-state index >= 15 is 0 Å². The second-order valence-corrected chi connectivity index (χ2v) is 5.46. The zero-order chi connectivity index (χ0) is 14.1. The number of hydrogen-bond donors (Lipinski definition) is 1. The van der Waals surface area contributed by atoms with E-state index in [9.17, 15) is 0 Å². The Hall–Kier alpha value is -1.87. The van der Waals surface area contributed by atoms with Gasteiger partial charge in [-0.3, -0.25) is 4.98 Å². The Morgan fingerprint density at radius 1 is 1.10 bits per heavy atom. The normalized spacial score (nSPS) is 11.6. The van der Waals surface area contributed by atoms with Gasteiger partial charge in [-0.1, -0.05) is 12.1 Å². The van der Waals surface area contributed by atoms with Gasteiger partial charge in [-0.05, 0) is 50.9 Å². The van der Waals surface area contributed by atoms with Crippen molar-refractivity contribution in [3.05, 3.63) is 41.7 Å². The van der Waals surface area contributed by atoms with Crippen molar-refractivity contribution >= 4 is 21.8 Å². The first kappa shape index (κ1) is 13.1. The third kappa shape index (κ3) is 2.08. The molecular weight excluding hydrogens is 246 g/mol. The number of unbranched alkanes of at least 4 members (excludes halogenated alkanes) is 1.